The Labute approximate surface area is 116 Å². The molecule has 0 aliphatic heterocycles. The Hall–Kier alpha value is -0.890. The summed E-state index contributed by atoms with van der Waals surface area (Å²) in [6, 6.07) is 5.93. The van der Waals surface area contributed by atoms with Gasteiger partial charge >= 0.3 is 0 Å². The fraction of sp³-hybridized carbons (Fsp3) is 0.647. The Kier molecular flexibility index (Phi) is 4.62. The van der Waals surface area contributed by atoms with Crippen molar-refractivity contribution in [3.8, 4) is 0 Å². The quantitative estimate of drug-likeness (QED) is 0.826. The lowest BCUT2D eigenvalue weighted by Crippen LogP contribution is -2.37. The van der Waals surface area contributed by atoms with E-state index in [9.17, 15) is 4.39 Å². The SMILES string of the molecule is CCNC(c1ccc(F)c(C)c1)C1(C)CCCCC1. The van der Waals surface area contributed by atoms with Gasteiger partial charge in [0.25, 0.3) is 0 Å². The van der Waals surface area contributed by atoms with Crippen molar-refractivity contribution in [3.63, 3.8) is 0 Å². The largest absolute Gasteiger partial charge is 0.310 e. The number of hydrogen-bond donors (Lipinski definition) is 1. The average Bonchev–Trinajstić information content (AvgIpc) is 2.40. The topological polar surface area (TPSA) is 12.0 Å². The molecular weight excluding hydrogens is 237 g/mol. The van der Waals surface area contributed by atoms with Crippen LogP contribution < -0.4 is 5.32 Å². The molecule has 0 spiro atoms. The number of aryl methyl sites for hydroxylation is 1. The van der Waals surface area contributed by atoms with Crippen LogP contribution in [0.25, 0.3) is 0 Å². The normalized spacial score (nSPS) is 20.2. The Morgan fingerprint density at radius 1 is 1.26 bits per heavy atom. The van der Waals surface area contributed by atoms with Gasteiger partial charge in [-0.1, -0.05) is 45.2 Å². The van der Waals surface area contributed by atoms with Crippen molar-refractivity contribution >= 4 is 0 Å². The fourth-order valence-electron chi connectivity index (χ4n) is 3.47. The van der Waals surface area contributed by atoms with Gasteiger partial charge in [-0.3, -0.25) is 0 Å². The lowest BCUT2D eigenvalue weighted by molar-refractivity contribution is 0.146. The third-order valence-corrected chi connectivity index (χ3v) is 4.62. The highest BCUT2D eigenvalue weighted by Crippen LogP contribution is 2.45. The highest BCUT2D eigenvalue weighted by Gasteiger charge is 2.35. The Balaban J connectivity index is 2.30. The zero-order valence-corrected chi connectivity index (χ0v) is 12.4. The van der Waals surface area contributed by atoms with Gasteiger partial charge in [-0.25, -0.2) is 4.39 Å². The van der Waals surface area contributed by atoms with Crippen molar-refractivity contribution in [1.29, 1.82) is 0 Å². The first-order valence-corrected chi connectivity index (χ1v) is 7.56. The van der Waals surface area contributed by atoms with E-state index in [0.717, 1.165) is 12.1 Å². The summed E-state index contributed by atoms with van der Waals surface area (Å²) in [6.45, 7) is 7.34. The van der Waals surface area contributed by atoms with E-state index in [0.29, 0.717) is 11.5 Å². The number of benzene rings is 1. The maximum absolute atomic E-state index is 13.5. The van der Waals surface area contributed by atoms with E-state index in [1.807, 2.05) is 19.1 Å². The molecule has 0 radical (unpaired) electrons. The summed E-state index contributed by atoms with van der Waals surface area (Å²) in [5.41, 5.74) is 2.29. The maximum atomic E-state index is 13.5. The first-order valence-electron chi connectivity index (χ1n) is 7.56. The van der Waals surface area contributed by atoms with Crippen LogP contribution in [0.5, 0.6) is 0 Å². The van der Waals surface area contributed by atoms with E-state index in [1.54, 1.807) is 6.07 Å². The van der Waals surface area contributed by atoms with Gasteiger partial charge in [0.2, 0.25) is 0 Å². The van der Waals surface area contributed by atoms with Crippen LogP contribution in [0, 0.1) is 18.2 Å². The first-order chi connectivity index (χ1) is 9.07. The molecule has 2 heteroatoms. The summed E-state index contributed by atoms with van der Waals surface area (Å²) in [6.07, 6.45) is 6.52. The van der Waals surface area contributed by atoms with E-state index in [4.69, 9.17) is 0 Å². The predicted octanol–water partition coefficient (Wildman–Crippen LogP) is 4.76. The smallest absolute Gasteiger partial charge is 0.126 e. The van der Waals surface area contributed by atoms with E-state index >= 15 is 0 Å². The molecule has 1 aliphatic rings. The Morgan fingerprint density at radius 3 is 2.53 bits per heavy atom. The van der Waals surface area contributed by atoms with E-state index in [-0.39, 0.29) is 5.82 Å². The van der Waals surface area contributed by atoms with Gasteiger partial charge in [-0.2, -0.15) is 0 Å². The maximum Gasteiger partial charge on any atom is 0.126 e. The molecule has 0 saturated heterocycles. The summed E-state index contributed by atoms with van der Waals surface area (Å²) >= 11 is 0. The van der Waals surface area contributed by atoms with E-state index in [2.05, 4.69) is 19.2 Å². The summed E-state index contributed by atoms with van der Waals surface area (Å²) in [5, 5.41) is 3.63. The van der Waals surface area contributed by atoms with Gasteiger partial charge in [-0.15, -0.1) is 0 Å². The molecule has 0 amide bonds. The summed E-state index contributed by atoms with van der Waals surface area (Å²) in [4.78, 5) is 0. The lowest BCUT2D eigenvalue weighted by atomic mass is 9.68. The van der Waals surface area contributed by atoms with Crippen LogP contribution in [0.2, 0.25) is 0 Å². The minimum absolute atomic E-state index is 0.104. The molecule has 1 nitrogen and oxygen atoms in total. The third-order valence-electron chi connectivity index (χ3n) is 4.62. The van der Waals surface area contributed by atoms with Crippen LogP contribution in [0.1, 0.15) is 63.1 Å². The minimum atomic E-state index is -0.104. The van der Waals surface area contributed by atoms with Gasteiger partial charge in [0, 0.05) is 6.04 Å². The molecule has 0 aromatic heterocycles. The molecule has 1 unspecified atom stereocenters. The zero-order valence-electron chi connectivity index (χ0n) is 12.4. The van der Waals surface area contributed by atoms with Crippen LogP contribution in [0.15, 0.2) is 18.2 Å². The number of hydrogen-bond acceptors (Lipinski definition) is 1. The standard InChI is InChI=1S/C17H26FN/c1-4-19-16(17(3)10-6-5-7-11-17)14-8-9-15(18)13(2)12-14/h8-9,12,16,19H,4-7,10-11H2,1-3H3. The highest BCUT2D eigenvalue weighted by atomic mass is 19.1. The second-order valence-electron chi connectivity index (χ2n) is 6.21. The minimum Gasteiger partial charge on any atom is -0.310 e. The summed E-state index contributed by atoms with van der Waals surface area (Å²) < 4.78 is 13.5. The van der Waals surface area contributed by atoms with Gasteiger partial charge < -0.3 is 5.32 Å². The van der Waals surface area contributed by atoms with E-state index in [1.165, 1.54) is 37.7 Å². The lowest BCUT2D eigenvalue weighted by Gasteiger charge is -2.41. The van der Waals surface area contributed by atoms with Gasteiger partial charge in [0.1, 0.15) is 5.82 Å². The third kappa shape index (κ3) is 3.17. The summed E-state index contributed by atoms with van der Waals surface area (Å²) in [7, 11) is 0. The van der Waals surface area contributed by atoms with Crippen molar-refractivity contribution < 1.29 is 4.39 Å². The molecule has 1 aromatic carbocycles. The highest BCUT2D eigenvalue weighted by molar-refractivity contribution is 5.28. The summed E-state index contributed by atoms with van der Waals surface area (Å²) in [5.74, 6) is -0.104. The molecule has 1 N–H and O–H groups in total. The molecule has 19 heavy (non-hydrogen) atoms. The zero-order chi connectivity index (χ0) is 13.9. The van der Waals surface area contributed by atoms with Crippen LogP contribution >= 0.6 is 0 Å². The molecule has 1 fully saturated rings. The number of rotatable bonds is 4. The molecule has 106 valence electrons. The molecule has 2 rings (SSSR count). The van der Waals surface area contributed by atoms with Crippen molar-refractivity contribution in [2.75, 3.05) is 6.54 Å². The Morgan fingerprint density at radius 2 is 1.95 bits per heavy atom. The average molecular weight is 263 g/mol. The van der Waals surface area contributed by atoms with Crippen molar-refractivity contribution in [2.45, 2.75) is 58.9 Å². The molecule has 1 aromatic rings. The molecule has 1 aliphatic carbocycles. The van der Waals surface area contributed by atoms with Crippen molar-refractivity contribution in [3.05, 3.63) is 35.1 Å². The van der Waals surface area contributed by atoms with Crippen LogP contribution in [0.4, 0.5) is 4.39 Å². The monoisotopic (exact) mass is 263 g/mol. The molecular formula is C17H26FN. The Bertz CT molecular complexity index is 421. The van der Waals surface area contributed by atoms with Gasteiger partial charge in [-0.05, 0) is 48.9 Å². The first kappa shape index (κ1) is 14.5. The van der Waals surface area contributed by atoms with Crippen molar-refractivity contribution in [2.24, 2.45) is 5.41 Å². The second-order valence-corrected chi connectivity index (χ2v) is 6.21. The molecule has 0 heterocycles. The number of halogens is 1. The van der Waals surface area contributed by atoms with Crippen LogP contribution in [-0.2, 0) is 0 Å². The van der Waals surface area contributed by atoms with E-state index < -0.39 is 0 Å². The molecule has 0 bridgehead atoms. The predicted molar refractivity (Wildman–Crippen MR) is 78.7 cm³/mol. The second kappa shape index (κ2) is 6.04. The fourth-order valence-corrected chi connectivity index (χ4v) is 3.47. The van der Waals surface area contributed by atoms with Gasteiger partial charge in [0.15, 0.2) is 0 Å². The van der Waals surface area contributed by atoms with Crippen molar-refractivity contribution in [1.82, 2.24) is 5.32 Å². The van der Waals surface area contributed by atoms with Gasteiger partial charge in [0.05, 0.1) is 0 Å². The number of nitrogens with one attached hydrogen (secondary N) is 1. The molecule has 1 atom stereocenters. The molecule has 1 saturated carbocycles. The van der Waals surface area contributed by atoms with Crippen LogP contribution in [0.3, 0.4) is 0 Å². The van der Waals surface area contributed by atoms with Crippen LogP contribution in [-0.4, -0.2) is 6.54 Å².